The van der Waals surface area contributed by atoms with Crippen LogP contribution in [0.4, 0.5) is 0 Å². The third-order valence-corrected chi connectivity index (χ3v) is 3.81. The van der Waals surface area contributed by atoms with Gasteiger partial charge in [0.2, 0.25) is 5.91 Å². The van der Waals surface area contributed by atoms with E-state index in [1.165, 1.54) is 5.56 Å². The second kappa shape index (κ2) is 4.97. The van der Waals surface area contributed by atoms with Crippen molar-refractivity contribution in [2.75, 3.05) is 0 Å². The molecular formula is C16H24N2O. The number of aryl methyl sites for hydroxylation is 1. The van der Waals surface area contributed by atoms with E-state index in [0.29, 0.717) is 6.42 Å². The van der Waals surface area contributed by atoms with Crippen LogP contribution < -0.4 is 5.73 Å². The number of hydrogen-bond acceptors (Lipinski definition) is 2. The Bertz CT molecular complexity index is 459. The number of amides is 1. The van der Waals surface area contributed by atoms with Crippen LogP contribution in [0.5, 0.6) is 0 Å². The van der Waals surface area contributed by atoms with Crippen molar-refractivity contribution in [3.05, 3.63) is 35.4 Å². The summed E-state index contributed by atoms with van der Waals surface area (Å²) >= 11 is 0. The summed E-state index contributed by atoms with van der Waals surface area (Å²) in [5, 5.41) is 0. The quantitative estimate of drug-likeness (QED) is 0.888. The molecule has 1 aromatic carbocycles. The molecule has 2 atom stereocenters. The van der Waals surface area contributed by atoms with E-state index in [1.807, 2.05) is 4.90 Å². The van der Waals surface area contributed by atoms with Crippen LogP contribution in [-0.4, -0.2) is 22.4 Å². The van der Waals surface area contributed by atoms with E-state index in [0.717, 1.165) is 12.0 Å². The molecule has 0 radical (unpaired) electrons. The molecule has 0 aliphatic carbocycles. The van der Waals surface area contributed by atoms with Crippen molar-refractivity contribution in [1.82, 2.24) is 4.90 Å². The molecular weight excluding hydrogens is 236 g/mol. The third kappa shape index (κ3) is 2.66. The Balaban J connectivity index is 2.36. The molecule has 0 saturated carbocycles. The van der Waals surface area contributed by atoms with E-state index >= 15 is 0 Å². The van der Waals surface area contributed by atoms with Gasteiger partial charge in [-0.15, -0.1) is 0 Å². The maximum atomic E-state index is 12.2. The fraction of sp³-hybridized carbons (Fsp3) is 0.562. The predicted molar refractivity (Wildman–Crippen MR) is 77.8 cm³/mol. The molecule has 3 heteroatoms. The highest BCUT2D eigenvalue weighted by atomic mass is 16.2. The molecule has 1 amide bonds. The monoisotopic (exact) mass is 260 g/mol. The SMILES string of the molecule is CCc1ccc(C2C(N)CC(=O)N2C(C)(C)C)cc1. The van der Waals surface area contributed by atoms with Crippen LogP contribution in [-0.2, 0) is 11.2 Å². The van der Waals surface area contributed by atoms with Gasteiger partial charge >= 0.3 is 0 Å². The summed E-state index contributed by atoms with van der Waals surface area (Å²) in [6.07, 6.45) is 1.47. The molecule has 1 aliphatic rings. The van der Waals surface area contributed by atoms with Gasteiger partial charge in [-0.2, -0.15) is 0 Å². The molecule has 1 fully saturated rings. The van der Waals surface area contributed by atoms with Gasteiger partial charge in [0.15, 0.2) is 0 Å². The third-order valence-electron chi connectivity index (χ3n) is 3.81. The zero-order valence-electron chi connectivity index (χ0n) is 12.3. The van der Waals surface area contributed by atoms with E-state index in [4.69, 9.17) is 5.73 Å². The number of nitrogens with zero attached hydrogens (tertiary/aromatic N) is 1. The molecule has 2 N–H and O–H groups in total. The molecule has 2 rings (SSSR count). The van der Waals surface area contributed by atoms with Gasteiger partial charge in [-0.25, -0.2) is 0 Å². The molecule has 1 aromatic rings. The number of benzene rings is 1. The second-order valence-electron chi connectivity index (χ2n) is 6.34. The van der Waals surface area contributed by atoms with Crippen LogP contribution in [0.1, 0.15) is 51.3 Å². The normalized spacial score (nSPS) is 24.1. The zero-order chi connectivity index (χ0) is 14.2. The summed E-state index contributed by atoms with van der Waals surface area (Å²) in [6.45, 7) is 8.34. The van der Waals surface area contributed by atoms with Crippen LogP contribution in [0.15, 0.2) is 24.3 Å². The minimum atomic E-state index is -0.195. The Hall–Kier alpha value is -1.35. The number of carbonyl (C=O) groups is 1. The first-order chi connectivity index (χ1) is 8.84. The van der Waals surface area contributed by atoms with E-state index in [2.05, 4.69) is 52.0 Å². The van der Waals surface area contributed by atoms with Crippen molar-refractivity contribution in [2.24, 2.45) is 5.73 Å². The van der Waals surface area contributed by atoms with E-state index in [1.54, 1.807) is 0 Å². The zero-order valence-corrected chi connectivity index (χ0v) is 12.3. The molecule has 0 aromatic heterocycles. The standard InChI is InChI=1S/C16H24N2O/c1-5-11-6-8-12(9-7-11)15-13(17)10-14(19)18(15)16(2,3)4/h6-9,13,15H,5,10,17H2,1-4H3. The Morgan fingerprint density at radius 2 is 1.84 bits per heavy atom. The molecule has 104 valence electrons. The Labute approximate surface area is 115 Å². The molecule has 0 bridgehead atoms. The van der Waals surface area contributed by atoms with Gasteiger partial charge in [0, 0.05) is 18.0 Å². The maximum Gasteiger partial charge on any atom is 0.225 e. The van der Waals surface area contributed by atoms with Gasteiger partial charge in [0.05, 0.1) is 6.04 Å². The highest BCUT2D eigenvalue weighted by Crippen LogP contribution is 2.37. The minimum Gasteiger partial charge on any atom is -0.329 e. The van der Waals surface area contributed by atoms with Gasteiger partial charge < -0.3 is 10.6 Å². The summed E-state index contributed by atoms with van der Waals surface area (Å²) in [7, 11) is 0. The van der Waals surface area contributed by atoms with Crippen LogP contribution in [0.25, 0.3) is 0 Å². The highest BCUT2D eigenvalue weighted by molar-refractivity contribution is 5.81. The van der Waals surface area contributed by atoms with Crippen LogP contribution in [0.3, 0.4) is 0 Å². The fourth-order valence-electron chi connectivity index (χ4n) is 2.90. The van der Waals surface area contributed by atoms with Gasteiger partial charge in [-0.3, -0.25) is 4.79 Å². The average Bonchev–Trinajstić information content (AvgIpc) is 2.64. The summed E-state index contributed by atoms with van der Waals surface area (Å²) in [5.41, 5.74) is 8.45. The number of likely N-dealkylation sites (tertiary alicyclic amines) is 1. The highest BCUT2D eigenvalue weighted by Gasteiger charge is 2.43. The number of carbonyl (C=O) groups excluding carboxylic acids is 1. The number of nitrogens with two attached hydrogens (primary N) is 1. The van der Waals surface area contributed by atoms with Crippen LogP contribution in [0, 0.1) is 0 Å². The first-order valence-corrected chi connectivity index (χ1v) is 7.01. The molecule has 1 aliphatic heterocycles. The largest absolute Gasteiger partial charge is 0.329 e. The first kappa shape index (κ1) is 14.1. The summed E-state index contributed by atoms with van der Waals surface area (Å²) in [4.78, 5) is 14.1. The second-order valence-corrected chi connectivity index (χ2v) is 6.34. The van der Waals surface area contributed by atoms with E-state index in [9.17, 15) is 4.79 Å². The average molecular weight is 260 g/mol. The minimum absolute atomic E-state index is 0.00148. The Morgan fingerprint density at radius 1 is 1.26 bits per heavy atom. The van der Waals surface area contributed by atoms with Crippen molar-refractivity contribution in [1.29, 1.82) is 0 Å². The first-order valence-electron chi connectivity index (χ1n) is 7.01. The predicted octanol–water partition coefficient (Wildman–Crippen LogP) is 2.65. The van der Waals surface area contributed by atoms with Gasteiger partial charge in [-0.1, -0.05) is 31.2 Å². The van der Waals surface area contributed by atoms with E-state index in [-0.39, 0.29) is 23.5 Å². The molecule has 0 spiro atoms. The smallest absolute Gasteiger partial charge is 0.225 e. The topological polar surface area (TPSA) is 46.3 Å². The van der Waals surface area contributed by atoms with Crippen molar-refractivity contribution < 1.29 is 4.79 Å². The van der Waals surface area contributed by atoms with Crippen molar-refractivity contribution in [3.63, 3.8) is 0 Å². The lowest BCUT2D eigenvalue weighted by Crippen LogP contribution is -2.45. The number of hydrogen-bond donors (Lipinski definition) is 1. The van der Waals surface area contributed by atoms with Crippen LogP contribution in [0.2, 0.25) is 0 Å². The molecule has 1 saturated heterocycles. The summed E-state index contributed by atoms with van der Waals surface area (Å²) in [6, 6.07) is 8.37. The fourth-order valence-corrected chi connectivity index (χ4v) is 2.90. The Kier molecular flexibility index (Phi) is 3.68. The molecule has 2 unspecified atom stereocenters. The summed E-state index contributed by atoms with van der Waals surface area (Å²) in [5.74, 6) is 0.157. The lowest BCUT2D eigenvalue weighted by atomic mass is 9.96. The van der Waals surface area contributed by atoms with Crippen molar-refractivity contribution in [2.45, 2.75) is 58.2 Å². The molecule has 3 nitrogen and oxygen atoms in total. The van der Waals surface area contributed by atoms with E-state index < -0.39 is 0 Å². The maximum absolute atomic E-state index is 12.2. The van der Waals surface area contributed by atoms with Crippen molar-refractivity contribution >= 4 is 5.91 Å². The lowest BCUT2D eigenvalue weighted by Gasteiger charge is -2.38. The van der Waals surface area contributed by atoms with Crippen molar-refractivity contribution in [3.8, 4) is 0 Å². The number of rotatable bonds is 2. The Morgan fingerprint density at radius 3 is 2.32 bits per heavy atom. The molecule has 1 heterocycles. The lowest BCUT2D eigenvalue weighted by molar-refractivity contribution is -0.133. The summed E-state index contributed by atoms with van der Waals surface area (Å²) < 4.78 is 0. The van der Waals surface area contributed by atoms with Gasteiger partial charge in [0.1, 0.15) is 0 Å². The van der Waals surface area contributed by atoms with Gasteiger partial charge in [-0.05, 0) is 38.3 Å². The van der Waals surface area contributed by atoms with Gasteiger partial charge in [0.25, 0.3) is 0 Å². The van der Waals surface area contributed by atoms with Crippen LogP contribution >= 0.6 is 0 Å². The molecule has 19 heavy (non-hydrogen) atoms.